The minimum Gasteiger partial charge on any atom is -0.444 e. The molecule has 50 heavy (non-hydrogen) atoms. The molecule has 0 spiro atoms. The minimum atomic E-state index is -0.725. The number of amides is 4. The highest BCUT2D eigenvalue weighted by Crippen LogP contribution is 2.10. The van der Waals surface area contributed by atoms with Gasteiger partial charge in [0, 0.05) is 0 Å². The van der Waals surface area contributed by atoms with Crippen molar-refractivity contribution in [2.75, 3.05) is 0 Å². The third-order valence-corrected chi connectivity index (χ3v) is 5.00. The summed E-state index contributed by atoms with van der Waals surface area (Å²) in [6.07, 6.45) is 0.822. The predicted molar refractivity (Wildman–Crippen MR) is 196 cm³/mol. The zero-order valence-electron chi connectivity index (χ0n) is 30.9. The fraction of sp³-hybridized carbons (Fsp3) is 0.361. The van der Waals surface area contributed by atoms with Gasteiger partial charge in [-0.3, -0.25) is 9.59 Å². The number of hydrogen-bond acceptors (Lipinski definition) is 10. The van der Waals surface area contributed by atoms with Crippen LogP contribution in [0.2, 0.25) is 0 Å². The summed E-state index contributed by atoms with van der Waals surface area (Å²) in [6, 6.07) is 22.9. The van der Waals surface area contributed by atoms with Gasteiger partial charge in [-0.1, -0.05) is 77.4 Å². The molecular formula is C36H57N7O7. The second-order valence-electron chi connectivity index (χ2n) is 12.3. The fourth-order valence-corrected chi connectivity index (χ4v) is 3.08. The maximum Gasteiger partial charge on any atom is 0.405 e. The molecule has 0 heterocycles. The zero-order valence-corrected chi connectivity index (χ0v) is 30.9. The first-order chi connectivity index (χ1) is 22.0. The molecule has 0 unspecified atom stereocenters. The number of nitrogens with zero attached hydrogens (tertiary/aromatic N) is 1. The van der Waals surface area contributed by atoms with Crippen LogP contribution in [-0.2, 0) is 31.9 Å². The van der Waals surface area contributed by atoms with Gasteiger partial charge in [0.1, 0.15) is 17.0 Å². The SMILES string of the molecule is CC(C)(C)OC(N)=O.CC(C)(C)OC(N)=O.Cc1ccc(CC(N)=O)cc1.Cc1ccc(CC(N)=O)cc1.Cc1ccc(OC#N)cc1.N.N. The number of ether oxygens (including phenoxy) is 3. The van der Waals surface area contributed by atoms with E-state index in [0.29, 0.717) is 18.6 Å². The second kappa shape index (κ2) is 26.3. The number of carbonyl (C=O) groups is 4. The van der Waals surface area contributed by atoms with Crippen molar-refractivity contribution in [3.63, 3.8) is 0 Å². The van der Waals surface area contributed by atoms with Gasteiger partial charge >= 0.3 is 12.2 Å². The number of carbonyl (C=O) groups excluding carboxylic acids is 4. The van der Waals surface area contributed by atoms with Crippen LogP contribution in [0.4, 0.5) is 9.59 Å². The van der Waals surface area contributed by atoms with E-state index in [-0.39, 0.29) is 24.1 Å². The van der Waals surface area contributed by atoms with E-state index in [2.05, 4.69) is 14.2 Å². The lowest BCUT2D eigenvalue weighted by Crippen LogP contribution is -2.27. The first-order valence-electron chi connectivity index (χ1n) is 14.8. The summed E-state index contributed by atoms with van der Waals surface area (Å²) in [5, 5.41) is 8.12. The highest BCUT2D eigenvalue weighted by Gasteiger charge is 2.13. The molecule has 278 valence electrons. The number of benzene rings is 3. The smallest absolute Gasteiger partial charge is 0.405 e. The molecule has 0 aromatic heterocycles. The average Bonchev–Trinajstić information content (AvgIpc) is 2.91. The van der Waals surface area contributed by atoms with Gasteiger partial charge in [-0.15, -0.1) is 5.26 Å². The highest BCUT2D eigenvalue weighted by molar-refractivity contribution is 5.77. The van der Waals surface area contributed by atoms with Crippen LogP contribution in [0.25, 0.3) is 0 Å². The Kier molecular flexibility index (Phi) is 26.9. The first-order valence-corrected chi connectivity index (χ1v) is 14.8. The van der Waals surface area contributed by atoms with E-state index in [4.69, 9.17) is 28.2 Å². The normalized spacial score (nSPS) is 9.36. The van der Waals surface area contributed by atoms with Gasteiger partial charge < -0.3 is 49.4 Å². The standard InChI is InChI=1S/2C9H11NO.C8H7NO.2C5H11NO2.2H3N/c2*1-7-2-4-8(5-3-7)6-9(10)11;1-7-2-4-8(5-3-7)10-6-9;2*1-5(2,3)8-4(6)7;;/h2*2-5H,6H2,1H3,(H2,10,11);2-5H,1H3;2*1-3H3,(H2,6,7);2*1H3. The minimum absolute atomic E-state index is 0. The molecule has 0 saturated heterocycles. The fourth-order valence-electron chi connectivity index (χ4n) is 3.08. The zero-order chi connectivity index (χ0) is 37.5. The van der Waals surface area contributed by atoms with Gasteiger partial charge in [0.2, 0.25) is 11.8 Å². The predicted octanol–water partition coefficient (Wildman–Crippen LogP) is 5.98. The van der Waals surface area contributed by atoms with Crippen molar-refractivity contribution in [1.82, 2.24) is 12.3 Å². The monoisotopic (exact) mass is 699 g/mol. The Morgan fingerprint density at radius 1 is 0.560 bits per heavy atom. The molecule has 3 rings (SSSR count). The van der Waals surface area contributed by atoms with E-state index < -0.39 is 23.4 Å². The van der Waals surface area contributed by atoms with Gasteiger partial charge in [-0.2, -0.15) is 0 Å². The maximum atomic E-state index is 10.5. The molecule has 14 nitrogen and oxygen atoms in total. The van der Waals surface area contributed by atoms with Crippen molar-refractivity contribution in [3.05, 3.63) is 101 Å². The van der Waals surface area contributed by atoms with Crippen LogP contribution in [0.5, 0.6) is 5.75 Å². The van der Waals surface area contributed by atoms with Crippen molar-refractivity contribution in [3.8, 4) is 12.0 Å². The molecule has 0 fully saturated rings. The summed E-state index contributed by atoms with van der Waals surface area (Å²) in [5.74, 6) is 0.0239. The number of hydrogen-bond donors (Lipinski definition) is 6. The lowest BCUT2D eigenvalue weighted by molar-refractivity contribution is -0.118. The molecule has 14 N–H and O–H groups in total. The van der Waals surface area contributed by atoms with E-state index in [1.807, 2.05) is 81.4 Å². The molecule has 0 aliphatic rings. The molecule has 0 atom stereocenters. The Morgan fingerprint density at radius 2 is 0.820 bits per heavy atom. The molecule has 3 aromatic rings. The van der Waals surface area contributed by atoms with Crippen molar-refractivity contribution in [2.45, 2.75) is 86.4 Å². The van der Waals surface area contributed by atoms with Crippen molar-refractivity contribution in [2.24, 2.45) is 22.9 Å². The van der Waals surface area contributed by atoms with E-state index in [1.165, 1.54) is 11.1 Å². The Labute approximate surface area is 296 Å². The number of nitriles is 1. The van der Waals surface area contributed by atoms with Gasteiger partial charge in [-0.05, 0) is 85.6 Å². The summed E-state index contributed by atoms with van der Waals surface area (Å²) in [5.41, 5.74) is 24.1. The number of nitrogens with two attached hydrogens (primary N) is 4. The summed E-state index contributed by atoms with van der Waals surface area (Å²) < 4.78 is 13.7. The van der Waals surface area contributed by atoms with Crippen molar-refractivity contribution >= 4 is 24.0 Å². The van der Waals surface area contributed by atoms with Crippen LogP contribution in [-0.4, -0.2) is 35.2 Å². The van der Waals surface area contributed by atoms with E-state index >= 15 is 0 Å². The van der Waals surface area contributed by atoms with Crippen LogP contribution in [0, 0.1) is 32.3 Å². The lowest BCUT2D eigenvalue weighted by atomic mass is 10.1. The highest BCUT2D eigenvalue weighted by atomic mass is 16.6. The largest absolute Gasteiger partial charge is 0.444 e. The first kappa shape index (κ1) is 51.2. The van der Waals surface area contributed by atoms with E-state index in [1.54, 1.807) is 59.9 Å². The number of primary amides is 4. The summed E-state index contributed by atoms with van der Waals surface area (Å²) in [7, 11) is 0. The quantitative estimate of drug-likeness (QED) is 0.169. The Balaban J connectivity index is -0.000000264. The third kappa shape index (κ3) is 35.2. The topological polar surface area (TPSA) is 294 Å². The maximum absolute atomic E-state index is 10.5. The van der Waals surface area contributed by atoms with Gasteiger partial charge in [-0.25, -0.2) is 9.59 Å². The van der Waals surface area contributed by atoms with Crippen LogP contribution >= 0.6 is 0 Å². The van der Waals surface area contributed by atoms with Gasteiger partial charge in [0.05, 0.1) is 12.8 Å². The molecule has 4 amide bonds. The van der Waals surface area contributed by atoms with E-state index in [0.717, 1.165) is 16.7 Å². The summed E-state index contributed by atoms with van der Waals surface area (Å²) in [4.78, 5) is 41.0. The van der Waals surface area contributed by atoms with Crippen molar-refractivity contribution in [1.29, 1.82) is 5.26 Å². The molecule has 0 saturated carbocycles. The summed E-state index contributed by atoms with van der Waals surface area (Å²) in [6.45, 7) is 16.6. The van der Waals surface area contributed by atoms with Crippen LogP contribution in [0.1, 0.15) is 69.4 Å². The van der Waals surface area contributed by atoms with E-state index in [9.17, 15) is 19.2 Å². The lowest BCUT2D eigenvalue weighted by Gasteiger charge is -2.16. The van der Waals surface area contributed by atoms with Crippen LogP contribution in [0.15, 0.2) is 72.8 Å². The molecule has 14 heteroatoms. The Morgan fingerprint density at radius 3 is 1.00 bits per heavy atom. The summed E-state index contributed by atoms with van der Waals surface area (Å²) >= 11 is 0. The Hall–Kier alpha value is -5.65. The molecular weight excluding hydrogens is 642 g/mol. The molecule has 0 aliphatic carbocycles. The van der Waals surface area contributed by atoms with Crippen LogP contribution < -0.4 is 40.0 Å². The van der Waals surface area contributed by atoms with Crippen molar-refractivity contribution < 1.29 is 33.4 Å². The molecule has 3 aromatic carbocycles. The number of rotatable bonds is 5. The molecule has 0 radical (unpaired) electrons. The Bertz CT molecular complexity index is 1360. The average molecular weight is 700 g/mol. The molecule has 0 aliphatic heterocycles. The third-order valence-electron chi connectivity index (χ3n) is 5.00. The molecule has 0 bridgehead atoms. The van der Waals surface area contributed by atoms with Crippen LogP contribution in [0.3, 0.4) is 0 Å². The van der Waals surface area contributed by atoms with Gasteiger partial charge in [0.25, 0.3) is 6.26 Å². The number of aryl methyl sites for hydroxylation is 3. The van der Waals surface area contributed by atoms with Gasteiger partial charge in [0.15, 0.2) is 0 Å². The second-order valence-corrected chi connectivity index (χ2v) is 12.3.